The molecule has 0 bridgehead atoms. The molecule has 0 saturated heterocycles. The standard InChI is InChI=1S/C20H23N3O2.ClH/c1-14(22-16-11-12-16)19(24)23-18-10-6-5-9-17(18)20(25)21-13-15-7-3-2-4-8-15;/h2-10,14,16,22H,11-13H2,1H3,(H,21,25)(H,23,24);1H. The first kappa shape index (κ1) is 19.9. The Balaban J connectivity index is 0.00000243. The third-order valence-corrected chi connectivity index (χ3v) is 4.18. The zero-order chi connectivity index (χ0) is 17.6. The van der Waals surface area contributed by atoms with E-state index in [1.807, 2.05) is 43.3 Å². The van der Waals surface area contributed by atoms with Crippen LogP contribution in [-0.4, -0.2) is 23.9 Å². The average molecular weight is 374 g/mol. The second-order valence-corrected chi connectivity index (χ2v) is 6.37. The lowest BCUT2D eigenvalue weighted by Crippen LogP contribution is -2.39. The predicted octanol–water partition coefficient (Wildman–Crippen LogP) is 3.12. The SMILES string of the molecule is CC(NC1CC1)C(=O)Nc1ccccc1C(=O)NCc1ccccc1.Cl. The largest absolute Gasteiger partial charge is 0.348 e. The van der Waals surface area contributed by atoms with Crippen LogP contribution in [0.15, 0.2) is 54.6 Å². The maximum Gasteiger partial charge on any atom is 0.253 e. The quantitative estimate of drug-likeness (QED) is 0.698. The highest BCUT2D eigenvalue weighted by atomic mass is 35.5. The summed E-state index contributed by atoms with van der Waals surface area (Å²) in [7, 11) is 0. The summed E-state index contributed by atoms with van der Waals surface area (Å²) in [5.41, 5.74) is 2.02. The van der Waals surface area contributed by atoms with Crippen LogP contribution in [0.5, 0.6) is 0 Å². The molecule has 2 aromatic carbocycles. The average Bonchev–Trinajstić information content (AvgIpc) is 3.45. The molecule has 138 valence electrons. The lowest BCUT2D eigenvalue weighted by Gasteiger charge is -2.16. The van der Waals surface area contributed by atoms with Crippen molar-refractivity contribution in [1.29, 1.82) is 0 Å². The van der Waals surface area contributed by atoms with E-state index in [1.165, 1.54) is 0 Å². The number of para-hydroxylation sites is 1. The number of anilines is 1. The number of amides is 2. The van der Waals surface area contributed by atoms with E-state index in [4.69, 9.17) is 0 Å². The summed E-state index contributed by atoms with van der Waals surface area (Å²) in [5, 5.41) is 9.01. The molecule has 1 atom stereocenters. The van der Waals surface area contributed by atoms with Gasteiger partial charge in [-0.1, -0.05) is 42.5 Å². The van der Waals surface area contributed by atoms with E-state index in [0.717, 1.165) is 18.4 Å². The van der Waals surface area contributed by atoms with Crippen molar-refractivity contribution in [2.24, 2.45) is 0 Å². The molecule has 0 aromatic heterocycles. The van der Waals surface area contributed by atoms with Crippen LogP contribution in [-0.2, 0) is 11.3 Å². The molecular weight excluding hydrogens is 350 g/mol. The Morgan fingerprint density at radius 1 is 1.04 bits per heavy atom. The fourth-order valence-electron chi connectivity index (χ4n) is 2.58. The number of benzene rings is 2. The van der Waals surface area contributed by atoms with Crippen LogP contribution in [0.4, 0.5) is 5.69 Å². The van der Waals surface area contributed by atoms with Crippen LogP contribution in [0.1, 0.15) is 35.7 Å². The Morgan fingerprint density at radius 2 is 1.69 bits per heavy atom. The maximum absolute atomic E-state index is 12.5. The highest BCUT2D eigenvalue weighted by molar-refractivity contribution is 6.04. The summed E-state index contributed by atoms with van der Waals surface area (Å²) in [5.74, 6) is -0.335. The van der Waals surface area contributed by atoms with Crippen LogP contribution in [0.3, 0.4) is 0 Å². The van der Waals surface area contributed by atoms with Gasteiger partial charge in [-0.05, 0) is 37.5 Å². The number of carbonyl (C=O) groups excluding carboxylic acids is 2. The van der Waals surface area contributed by atoms with Crippen molar-refractivity contribution in [3.63, 3.8) is 0 Å². The zero-order valence-electron chi connectivity index (χ0n) is 14.7. The summed E-state index contributed by atoms with van der Waals surface area (Å²) < 4.78 is 0. The van der Waals surface area contributed by atoms with Crippen molar-refractivity contribution in [2.75, 3.05) is 5.32 Å². The van der Waals surface area contributed by atoms with Gasteiger partial charge < -0.3 is 16.0 Å². The molecule has 0 aliphatic heterocycles. The van der Waals surface area contributed by atoms with Crippen LogP contribution < -0.4 is 16.0 Å². The normalized spacial score (nSPS) is 14.0. The van der Waals surface area contributed by atoms with Gasteiger partial charge in [0.1, 0.15) is 0 Å². The molecular formula is C20H24ClN3O2. The topological polar surface area (TPSA) is 70.2 Å². The predicted molar refractivity (Wildman–Crippen MR) is 106 cm³/mol. The fourth-order valence-corrected chi connectivity index (χ4v) is 2.58. The molecule has 1 unspecified atom stereocenters. The van der Waals surface area contributed by atoms with E-state index in [2.05, 4.69) is 16.0 Å². The van der Waals surface area contributed by atoms with E-state index in [1.54, 1.807) is 18.2 Å². The van der Waals surface area contributed by atoms with E-state index in [0.29, 0.717) is 23.8 Å². The third kappa shape index (κ3) is 5.58. The minimum atomic E-state index is -0.284. The summed E-state index contributed by atoms with van der Waals surface area (Å²) in [4.78, 5) is 24.8. The van der Waals surface area contributed by atoms with E-state index in [-0.39, 0.29) is 30.3 Å². The minimum absolute atomic E-state index is 0. The molecule has 0 radical (unpaired) electrons. The van der Waals surface area contributed by atoms with Crippen LogP contribution in [0, 0.1) is 0 Å². The first-order valence-corrected chi connectivity index (χ1v) is 8.61. The van der Waals surface area contributed by atoms with Crippen LogP contribution >= 0.6 is 12.4 Å². The number of carbonyl (C=O) groups is 2. The smallest absolute Gasteiger partial charge is 0.253 e. The van der Waals surface area contributed by atoms with Crippen molar-refractivity contribution >= 4 is 29.9 Å². The number of nitrogens with one attached hydrogen (secondary N) is 3. The van der Waals surface area contributed by atoms with E-state index < -0.39 is 0 Å². The number of hydrogen-bond donors (Lipinski definition) is 3. The molecule has 1 aliphatic rings. The van der Waals surface area contributed by atoms with Crippen molar-refractivity contribution in [2.45, 2.75) is 38.4 Å². The lowest BCUT2D eigenvalue weighted by atomic mass is 10.1. The second kappa shape index (κ2) is 9.36. The van der Waals surface area contributed by atoms with Gasteiger partial charge in [0.05, 0.1) is 17.3 Å². The number of halogens is 1. The number of rotatable bonds is 7. The fraction of sp³-hybridized carbons (Fsp3) is 0.300. The lowest BCUT2D eigenvalue weighted by molar-refractivity contribution is -0.117. The second-order valence-electron chi connectivity index (χ2n) is 6.37. The molecule has 0 heterocycles. The van der Waals surface area contributed by atoms with E-state index in [9.17, 15) is 9.59 Å². The monoisotopic (exact) mass is 373 g/mol. The molecule has 0 spiro atoms. The molecule has 6 heteroatoms. The van der Waals surface area contributed by atoms with Gasteiger partial charge in [-0.3, -0.25) is 9.59 Å². The molecule has 1 fully saturated rings. The van der Waals surface area contributed by atoms with Gasteiger partial charge in [0.15, 0.2) is 0 Å². The van der Waals surface area contributed by atoms with Crippen LogP contribution in [0.2, 0.25) is 0 Å². The summed E-state index contributed by atoms with van der Waals surface area (Å²) in [6.45, 7) is 2.29. The first-order valence-electron chi connectivity index (χ1n) is 8.61. The van der Waals surface area contributed by atoms with Crippen molar-refractivity contribution in [3.8, 4) is 0 Å². The Kier molecular flexibility index (Phi) is 7.18. The van der Waals surface area contributed by atoms with Gasteiger partial charge >= 0.3 is 0 Å². The van der Waals surface area contributed by atoms with Crippen molar-refractivity contribution < 1.29 is 9.59 Å². The summed E-state index contributed by atoms with van der Waals surface area (Å²) >= 11 is 0. The molecule has 1 aliphatic carbocycles. The Hall–Kier alpha value is -2.37. The summed E-state index contributed by atoms with van der Waals surface area (Å²) in [6.07, 6.45) is 2.24. The molecule has 2 aromatic rings. The first-order chi connectivity index (χ1) is 12.1. The van der Waals surface area contributed by atoms with E-state index >= 15 is 0 Å². The Morgan fingerprint density at radius 3 is 2.38 bits per heavy atom. The summed E-state index contributed by atoms with van der Waals surface area (Å²) in [6, 6.07) is 17.0. The van der Waals surface area contributed by atoms with Gasteiger partial charge in [-0.25, -0.2) is 0 Å². The number of hydrogen-bond acceptors (Lipinski definition) is 3. The van der Waals surface area contributed by atoms with Gasteiger partial charge in [-0.2, -0.15) is 0 Å². The minimum Gasteiger partial charge on any atom is -0.348 e. The molecule has 26 heavy (non-hydrogen) atoms. The molecule has 3 rings (SSSR count). The molecule has 2 amide bonds. The highest BCUT2D eigenvalue weighted by Gasteiger charge is 2.26. The third-order valence-electron chi connectivity index (χ3n) is 4.18. The molecule has 5 nitrogen and oxygen atoms in total. The van der Waals surface area contributed by atoms with Gasteiger partial charge in [0.25, 0.3) is 5.91 Å². The maximum atomic E-state index is 12.5. The van der Waals surface area contributed by atoms with Gasteiger partial charge in [0, 0.05) is 12.6 Å². The zero-order valence-corrected chi connectivity index (χ0v) is 15.5. The Bertz CT molecular complexity index is 748. The Labute approximate surface area is 160 Å². The van der Waals surface area contributed by atoms with Crippen molar-refractivity contribution in [1.82, 2.24) is 10.6 Å². The van der Waals surface area contributed by atoms with Crippen molar-refractivity contribution in [3.05, 3.63) is 65.7 Å². The highest BCUT2D eigenvalue weighted by Crippen LogP contribution is 2.20. The van der Waals surface area contributed by atoms with Gasteiger partial charge in [0.2, 0.25) is 5.91 Å². The van der Waals surface area contributed by atoms with Gasteiger partial charge in [-0.15, -0.1) is 12.4 Å². The molecule has 3 N–H and O–H groups in total. The van der Waals surface area contributed by atoms with Crippen LogP contribution in [0.25, 0.3) is 0 Å². The molecule has 1 saturated carbocycles.